The summed E-state index contributed by atoms with van der Waals surface area (Å²) in [6.45, 7) is 5.92. The second kappa shape index (κ2) is 8.37. The Morgan fingerprint density at radius 2 is 1.77 bits per heavy atom. The van der Waals surface area contributed by atoms with Crippen LogP contribution in [0.25, 0.3) is 0 Å². The Morgan fingerprint density at radius 1 is 1.04 bits per heavy atom. The predicted octanol–water partition coefficient (Wildman–Crippen LogP) is 0.751. The number of para-hydroxylation sites is 1. The van der Waals surface area contributed by atoms with Crippen LogP contribution in [0.1, 0.15) is 12.0 Å². The highest BCUT2D eigenvalue weighted by Gasteiger charge is 2.32. The van der Waals surface area contributed by atoms with Crippen molar-refractivity contribution >= 4 is 29.9 Å². The van der Waals surface area contributed by atoms with Crippen LogP contribution in [0.3, 0.4) is 0 Å². The molecule has 0 spiro atoms. The molecule has 0 saturated carbocycles. The number of amides is 2. The van der Waals surface area contributed by atoms with Crippen molar-refractivity contribution in [2.24, 2.45) is 5.92 Å². The summed E-state index contributed by atoms with van der Waals surface area (Å²) in [4.78, 5) is 31.2. The van der Waals surface area contributed by atoms with Crippen LogP contribution in [-0.4, -0.2) is 74.0 Å². The van der Waals surface area contributed by atoms with E-state index in [0.717, 1.165) is 64.3 Å². The summed E-state index contributed by atoms with van der Waals surface area (Å²) in [5.74, 6) is 0.614. The molecule has 26 heavy (non-hydrogen) atoms. The molecule has 0 unspecified atom stereocenters. The number of rotatable bonds is 3. The van der Waals surface area contributed by atoms with Gasteiger partial charge >= 0.3 is 0 Å². The van der Waals surface area contributed by atoms with Crippen LogP contribution < -0.4 is 10.2 Å². The first kappa shape index (κ1) is 19.1. The van der Waals surface area contributed by atoms with Crippen molar-refractivity contribution in [3.8, 4) is 0 Å². The fourth-order valence-corrected chi connectivity index (χ4v) is 3.92. The minimum atomic E-state index is 0. The van der Waals surface area contributed by atoms with E-state index in [1.165, 1.54) is 5.56 Å². The van der Waals surface area contributed by atoms with Crippen molar-refractivity contribution in [2.45, 2.75) is 12.8 Å². The molecule has 4 rings (SSSR count). The van der Waals surface area contributed by atoms with Gasteiger partial charge in [0.1, 0.15) is 0 Å². The molecule has 3 aliphatic heterocycles. The number of fused-ring (bicyclic) bond motifs is 1. The van der Waals surface area contributed by atoms with Gasteiger partial charge in [0, 0.05) is 51.5 Å². The molecule has 0 aliphatic carbocycles. The lowest BCUT2D eigenvalue weighted by Crippen LogP contribution is -2.57. The van der Waals surface area contributed by atoms with Gasteiger partial charge < -0.3 is 15.1 Å². The number of piperazine rings is 1. The van der Waals surface area contributed by atoms with Crippen LogP contribution in [0.5, 0.6) is 0 Å². The molecule has 3 aliphatic rings. The largest absolute Gasteiger partial charge is 0.340 e. The monoisotopic (exact) mass is 378 g/mol. The average Bonchev–Trinajstić information content (AvgIpc) is 2.60. The van der Waals surface area contributed by atoms with E-state index in [-0.39, 0.29) is 30.1 Å². The van der Waals surface area contributed by atoms with Crippen molar-refractivity contribution < 1.29 is 9.59 Å². The van der Waals surface area contributed by atoms with Crippen LogP contribution >= 0.6 is 12.4 Å². The fraction of sp³-hybridized carbons (Fsp3) is 0.579. The van der Waals surface area contributed by atoms with Gasteiger partial charge in [-0.1, -0.05) is 18.2 Å². The molecule has 0 aromatic heterocycles. The number of hydrogen-bond donors (Lipinski definition) is 1. The molecule has 142 valence electrons. The molecule has 1 aromatic carbocycles. The quantitative estimate of drug-likeness (QED) is 0.843. The van der Waals surface area contributed by atoms with E-state index < -0.39 is 0 Å². The summed E-state index contributed by atoms with van der Waals surface area (Å²) in [5.41, 5.74) is 2.34. The predicted molar refractivity (Wildman–Crippen MR) is 104 cm³/mol. The zero-order valence-corrected chi connectivity index (χ0v) is 15.8. The number of halogens is 1. The van der Waals surface area contributed by atoms with Gasteiger partial charge in [-0.25, -0.2) is 0 Å². The number of carbonyl (C=O) groups excluding carboxylic acids is 2. The van der Waals surface area contributed by atoms with Crippen LogP contribution in [0, 0.1) is 5.92 Å². The van der Waals surface area contributed by atoms with Gasteiger partial charge in [-0.2, -0.15) is 0 Å². The Morgan fingerprint density at radius 3 is 2.46 bits per heavy atom. The van der Waals surface area contributed by atoms with Crippen molar-refractivity contribution in [2.75, 3.05) is 57.3 Å². The highest BCUT2D eigenvalue weighted by atomic mass is 35.5. The Labute approximate surface area is 160 Å². The van der Waals surface area contributed by atoms with Crippen LogP contribution in [-0.2, 0) is 16.0 Å². The number of anilines is 1. The van der Waals surface area contributed by atoms with Crippen molar-refractivity contribution in [3.63, 3.8) is 0 Å². The molecule has 6 nitrogen and oxygen atoms in total. The van der Waals surface area contributed by atoms with Crippen molar-refractivity contribution in [1.82, 2.24) is 15.1 Å². The van der Waals surface area contributed by atoms with E-state index in [2.05, 4.69) is 22.3 Å². The van der Waals surface area contributed by atoms with E-state index in [1.807, 2.05) is 21.9 Å². The van der Waals surface area contributed by atoms with Gasteiger partial charge in [0.15, 0.2) is 0 Å². The van der Waals surface area contributed by atoms with Crippen LogP contribution in [0.15, 0.2) is 24.3 Å². The molecule has 0 radical (unpaired) electrons. The van der Waals surface area contributed by atoms with Gasteiger partial charge in [0.05, 0.1) is 12.5 Å². The maximum Gasteiger partial charge on any atom is 0.241 e. The van der Waals surface area contributed by atoms with Crippen molar-refractivity contribution in [1.29, 1.82) is 0 Å². The van der Waals surface area contributed by atoms with Gasteiger partial charge in [0.2, 0.25) is 11.8 Å². The van der Waals surface area contributed by atoms with Gasteiger partial charge in [-0.3, -0.25) is 14.5 Å². The normalized spacial score (nSPS) is 20.8. The lowest BCUT2D eigenvalue weighted by Gasteiger charge is -2.39. The number of aryl methyl sites for hydroxylation is 1. The molecular weight excluding hydrogens is 352 g/mol. The lowest BCUT2D eigenvalue weighted by molar-refractivity contribution is -0.139. The van der Waals surface area contributed by atoms with E-state index >= 15 is 0 Å². The molecule has 7 heteroatoms. The van der Waals surface area contributed by atoms with Gasteiger partial charge in [-0.15, -0.1) is 12.4 Å². The molecule has 2 saturated heterocycles. The second-order valence-corrected chi connectivity index (χ2v) is 7.23. The molecule has 1 aromatic rings. The molecule has 3 heterocycles. The number of hydrogen-bond acceptors (Lipinski definition) is 4. The summed E-state index contributed by atoms with van der Waals surface area (Å²) in [6.07, 6.45) is 2.08. The summed E-state index contributed by atoms with van der Waals surface area (Å²) >= 11 is 0. The highest BCUT2D eigenvalue weighted by Crippen LogP contribution is 2.26. The molecule has 1 N–H and O–H groups in total. The second-order valence-electron chi connectivity index (χ2n) is 7.23. The smallest absolute Gasteiger partial charge is 0.241 e. The topological polar surface area (TPSA) is 55.9 Å². The number of benzene rings is 1. The summed E-state index contributed by atoms with van der Waals surface area (Å²) < 4.78 is 0. The highest BCUT2D eigenvalue weighted by molar-refractivity contribution is 5.96. The summed E-state index contributed by atoms with van der Waals surface area (Å²) in [6, 6.07) is 8.22. The number of carbonyl (C=O) groups is 2. The first-order valence-corrected chi connectivity index (χ1v) is 9.32. The fourth-order valence-electron chi connectivity index (χ4n) is 3.92. The van der Waals surface area contributed by atoms with E-state index in [1.54, 1.807) is 0 Å². The molecule has 0 bridgehead atoms. The maximum absolute atomic E-state index is 12.8. The van der Waals surface area contributed by atoms with E-state index in [4.69, 9.17) is 0 Å². The third-order valence-electron chi connectivity index (χ3n) is 5.58. The Hall–Kier alpha value is -1.63. The third-order valence-corrected chi connectivity index (χ3v) is 5.58. The Balaban J connectivity index is 0.00000196. The van der Waals surface area contributed by atoms with Crippen LogP contribution in [0.4, 0.5) is 5.69 Å². The minimum absolute atomic E-state index is 0. The summed E-state index contributed by atoms with van der Waals surface area (Å²) in [7, 11) is 0. The van der Waals surface area contributed by atoms with Crippen LogP contribution in [0.2, 0.25) is 0 Å². The maximum atomic E-state index is 12.8. The minimum Gasteiger partial charge on any atom is -0.340 e. The first-order chi connectivity index (χ1) is 12.2. The molecule has 0 atom stereocenters. The SMILES string of the molecule is Cl.O=C(C1CNC1)N1CCN(CC(=O)N2CCCc3ccccc32)CC1. The molecule has 2 fully saturated rings. The van der Waals surface area contributed by atoms with E-state index in [0.29, 0.717) is 6.54 Å². The molecular formula is C19H27ClN4O2. The van der Waals surface area contributed by atoms with Crippen molar-refractivity contribution in [3.05, 3.63) is 29.8 Å². The third kappa shape index (κ3) is 3.87. The average molecular weight is 379 g/mol. The van der Waals surface area contributed by atoms with E-state index in [9.17, 15) is 9.59 Å². The molecule has 2 amide bonds. The zero-order chi connectivity index (χ0) is 17.2. The lowest BCUT2D eigenvalue weighted by atomic mass is 10.0. The zero-order valence-electron chi connectivity index (χ0n) is 15.0. The Bertz CT molecular complexity index is 657. The van der Waals surface area contributed by atoms with Gasteiger partial charge in [0.25, 0.3) is 0 Å². The number of nitrogens with zero attached hydrogens (tertiary/aromatic N) is 3. The Kier molecular flexibility index (Phi) is 6.16. The first-order valence-electron chi connectivity index (χ1n) is 9.32. The standard InChI is InChI=1S/C19H26N4O2.ClH/c24-18(23-7-3-5-15-4-1-2-6-17(15)23)14-21-8-10-22(11-9-21)19(25)16-12-20-13-16;/h1-2,4,6,16,20H,3,5,7-14H2;1H. The summed E-state index contributed by atoms with van der Waals surface area (Å²) in [5, 5.41) is 3.15. The number of nitrogens with one attached hydrogen (secondary N) is 1. The van der Waals surface area contributed by atoms with Gasteiger partial charge in [-0.05, 0) is 24.5 Å².